The number of phenols is 2. The number of amides is 1. The van der Waals surface area contributed by atoms with Gasteiger partial charge in [-0.1, -0.05) is 13.0 Å². The van der Waals surface area contributed by atoms with Gasteiger partial charge in [0.2, 0.25) is 0 Å². The fourth-order valence-electron chi connectivity index (χ4n) is 1.44. The summed E-state index contributed by atoms with van der Waals surface area (Å²) in [5, 5.41) is 24.7. The zero-order chi connectivity index (χ0) is 12.7. The second-order valence-corrected chi connectivity index (χ2v) is 3.63. The molecule has 5 nitrogen and oxygen atoms in total. The van der Waals surface area contributed by atoms with E-state index in [-0.39, 0.29) is 17.1 Å². The minimum Gasteiger partial charge on any atom is -0.507 e. The summed E-state index contributed by atoms with van der Waals surface area (Å²) in [6.45, 7) is 4.23. The molecule has 0 aliphatic carbocycles. The molecule has 0 spiro atoms. The van der Waals surface area contributed by atoms with E-state index in [9.17, 15) is 15.0 Å². The summed E-state index contributed by atoms with van der Waals surface area (Å²) in [5.41, 5.74) is -0.0732. The molecule has 17 heavy (non-hydrogen) atoms. The Labute approximate surface area is 100 Å². The summed E-state index contributed by atoms with van der Waals surface area (Å²) in [6, 6.07) is 4.22. The van der Waals surface area contributed by atoms with Crippen molar-refractivity contribution in [1.29, 1.82) is 0 Å². The first-order valence-electron chi connectivity index (χ1n) is 5.66. The predicted molar refractivity (Wildman–Crippen MR) is 65.3 cm³/mol. The van der Waals surface area contributed by atoms with Gasteiger partial charge in [0, 0.05) is 6.54 Å². The average molecular weight is 238 g/mol. The molecule has 1 amide bonds. The van der Waals surface area contributed by atoms with Crippen molar-refractivity contribution in [2.24, 2.45) is 0 Å². The Morgan fingerprint density at radius 3 is 2.47 bits per heavy atom. The highest BCUT2D eigenvalue weighted by Gasteiger charge is 2.14. The zero-order valence-electron chi connectivity index (χ0n) is 9.86. The van der Waals surface area contributed by atoms with Gasteiger partial charge in [-0.05, 0) is 31.6 Å². The van der Waals surface area contributed by atoms with Gasteiger partial charge in [0.1, 0.15) is 17.1 Å². The second kappa shape index (κ2) is 6.75. The summed E-state index contributed by atoms with van der Waals surface area (Å²) in [4.78, 5) is 11.7. The lowest BCUT2D eigenvalue weighted by Gasteiger charge is -2.08. The van der Waals surface area contributed by atoms with Gasteiger partial charge in [0.15, 0.2) is 0 Å². The molecule has 0 saturated carbocycles. The van der Waals surface area contributed by atoms with E-state index in [1.54, 1.807) is 0 Å². The van der Waals surface area contributed by atoms with Gasteiger partial charge in [-0.2, -0.15) is 0 Å². The van der Waals surface area contributed by atoms with E-state index in [1.807, 2.05) is 6.92 Å². The van der Waals surface area contributed by atoms with E-state index in [1.165, 1.54) is 18.2 Å². The van der Waals surface area contributed by atoms with Crippen molar-refractivity contribution in [3.63, 3.8) is 0 Å². The van der Waals surface area contributed by atoms with Gasteiger partial charge in [0.25, 0.3) is 5.91 Å². The third kappa shape index (κ3) is 3.96. The van der Waals surface area contributed by atoms with Crippen molar-refractivity contribution in [2.45, 2.75) is 13.3 Å². The first-order chi connectivity index (χ1) is 8.16. The zero-order valence-corrected chi connectivity index (χ0v) is 9.86. The molecule has 0 aromatic heterocycles. The van der Waals surface area contributed by atoms with E-state index in [4.69, 9.17) is 0 Å². The largest absolute Gasteiger partial charge is 0.507 e. The maximum Gasteiger partial charge on any atom is 0.258 e. The van der Waals surface area contributed by atoms with Crippen LogP contribution in [0.4, 0.5) is 0 Å². The van der Waals surface area contributed by atoms with Crippen molar-refractivity contribution in [3.8, 4) is 11.5 Å². The second-order valence-electron chi connectivity index (χ2n) is 3.63. The molecule has 0 aliphatic heterocycles. The van der Waals surface area contributed by atoms with E-state index >= 15 is 0 Å². The molecule has 94 valence electrons. The monoisotopic (exact) mass is 238 g/mol. The minimum absolute atomic E-state index is 0.0732. The highest BCUT2D eigenvalue weighted by atomic mass is 16.3. The molecule has 0 atom stereocenters. The fraction of sp³-hybridized carbons (Fsp3) is 0.417. The standard InChI is InChI=1S/C12H18N2O3/c1-2-13-7-4-8-14-12(17)11-9(15)5-3-6-10(11)16/h3,5-6,13,15-16H,2,4,7-8H2,1H3,(H,14,17). The van der Waals surface area contributed by atoms with Crippen molar-refractivity contribution >= 4 is 5.91 Å². The molecule has 0 heterocycles. The van der Waals surface area contributed by atoms with Crippen LogP contribution in [0.1, 0.15) is 23.7 Å². The molecule has 5 heteroatoms. The molecule has 0 fully saturated rings. The average Bonchev–Trinajstić information content (AvgIpc) is 2.28. The smallest absolute Gasteiger partial charge is 0.258 e. The van der Waals surface area contributed by atoms with Crippen LogP contribution < -0.4 is 10.6 Å². The molecule has 1 aromatic rings. The Morgan fingerprint density at radius 1 is 1.24 bits per heavy atom. The maximum atomic E-state index is 11.7. The normalized spacial score (nSPS) is 10.2. The van der Waals surface area contributed by atoms with Crippen LogP contribution in [0, 0.1) is 0 Å². The lowest BCUT2D eigenvalue weighted by Crippen LogP contribution is -2.27. The summed E-state index contributed by atoms with van der Waals surface area (Å²) < 4.78 is 0. The number of benzene rings is 1. The van der Waals surface area contributed by atoms with E-state index < -0.39 is 5.91 Å². The highest BCUT2D eigenvalue weighted by Crippen LogP contribution is 2.25. The molecule has 0 radical (unpaired) electrons. The van der Waals surface area contributed by atoms with Crippen molar-refractivity contribution in [2.75, 3.05) is 19.6 Å². The molecular weight excluding hydrogens is 220 g/mol. The van der Waals surface area contributed by atoms with Gasteiger partial charge in [-0.3, -0.25) is 4.79 Å². The van der Waals surface area contributed by atoms with Gasteiger partial charge in [0.05, 0.1) is 0 Å². The van der Waals surface area contributed by atoms with Crippen LogP contribution in [0.2, 0.25) is 0 Å². The van der Waals surface area contributed by atoms with Crippen LogP contribution >= 0.6 is 0 Å². The van der Waals surface area contributed by atoms with Crippen molar-refractivity contribution < 1.29 is 15.0 Å². The highest BCUT2D eigenvalue weighted by molar-refractivity contribution is 5.99. The summed E-state index contributed by atoms with van der Waals surface area (Å²) in [5.74, 6) is -0.888. The fourth-order valence-corrected chi connectivity index (χ4v) is 1.44. The topological polar surface area (TPSA) is 81.6 Å². The van der Waals surface area contributed by atoms with Crippen LogP contribution in [0.25, 0.3) is 0 Å². The van der Waals surface area contributed by atoms with Crippen LogP contribution in [0.5, 0.6) is 11.5 Å². The van der Waals surface area contributed by atoms with E-state index in [0.717, 1.165) is 19.5 Å². The van der Waals surface area contributed by atoms with Gasteiger partial charge < -0.3 is 20.8 Å². The van der Waals surface area contributed by atoms with E-state index in [2.05, 4.69) is 10.6 Å². The molecule has 1 aromatic carbocycles. The van der Waals surface area contributed by atoms with Crippen LogP contribution in [0.15, 0.2) is 18.2 Å². The first kappa shape index (κ1) is 13.3. The lowest BCUT2D eigenvalue weighted by atomic mass is 10.1. The Balaban J connectivity index is 2.47. The summed E-state index contributed by atoms with van der Waals surface area (Å²) in [6.07, 6.45) is 0.800. The Hall–Kier alpha value is -1.75. The molecular formula is C12H18N2O3. The third-order valence-corrected chi connectivity index (χ3v) is 2.31. The number of phenolic OH excluding ortho intramolecular Hbond substituents is 2. The maximum absolute atomic E-state index is 11.7. The lowest BCUT2D eigenvalue weighted by molar-refractivity contribution is 0.0948. The summed E-state index contributed by atoms with van der Waals surface area (Å²) >= 11 is 0. The molecule has 0 unspecified atom stereocenters. The number of carbonyl (C=O) groups is 1. The quantitative estimate of drug-likeness (QED) is 0.553. The number of hydrogen-bond donors (Lipinski definition) is 4. The van der Waals surface area contributed by atoms with Gasteiger partial charge in [-0.25, -0.2) is 0 Å². The van der Waals surface area contributed by atoms with Gasteiger partial charge in [-0.15, -0.1) is 0 Å². The van der Waals surface area contributed by atoms with Crippen LogP contribution in [-0.2, 0) is 0 Å². The minimum atomic E-state index is -0.461. The van der Waals surface area contributed by atoms with Crippen molar-refractivity contribution in [1.82, 2.24) is 10.6 Å². The van der Waals surface area contributed by atoms with Gasteiger partial charge >= 0.3 is 0 Å². The number of carbonyl (C=O) groups excluding carboxylic acids is 1. The molecule has 0 saturated heterocycles. The third-order valence-electron chi connectivity index (χ3n) is 2.31. The number of hydrogen-bond acceptors (Lipinski definition) is 4. The van der Waals surface area contributed by atoms with Crippen molar-refractivity contribution in [3.05, 3.63) is 23.8 Å². The summed E-state index contributed by atoms with van der Waals surface area (Å²) in [7, 11) is 0. The Morgan fingerprint density at radius 2 is 1.88 bits per heavy atom. The SMILES string of the molecule is CCNCCCNC(=O)c1c(O)cccc1O. The van der Waals surface area contributed by atoms with Crippen LogP contribution in [-0.4, -0.2) is 35.8 Å². The molecule has 1 rings (SSSR count). The molecule has 0 aliphatic rings. The number of nitrogens with one attached hydrogen (secondary N) is 2. The Bertz CT molecular complexity index is 360. The Kier molecular flexibility index (Phi) is 5.29. The first-order valence-corrected chi connectivity index (χ1v) is 5.66. The van der Waals surface area contributed by atoms with Crippen LogP contribution in [0.3, 0.4) is 0 Å². The number of rotatable bonds is 6. The van der Waals surface area contributed by atoms with E-state index in [0.29, 0.717) is 6.54 Å². The molecule has 4 N–H and O–H groups in total. The number of aromatic hydroxyl groups is 2. The predicted octanol–water partition coefficient (Wildman–Crippen LogP) is 0.827. The molecule has 0 bridgehead atoms.